The molecule has 18 heavy (non-hydrogen) atoms. The summed E-state index contributed by atoms with van der Waals surface area (Å²) in [4.78, 5) is 0. The Morgan fingerprint density at radius 1 is 1.50 bits per heavy atom. The lowest BCUT2D eigenvalue weighted by molar-refractivity contribution is 0.180. The number of nitrogens with zero attached hydrogens (tertiary/aromatic N) is 1. The van der Waals surface area contributed by atoms with Crippen molar-refractivity contribution < 1.29 is 8.95 Å². The number of nitrogens with one attached hydrogen (secondary N) is 1. The van der Waals surface area contributed by atoms with Gasteiger partial charge in [-0.05, 0) is 30.9 Å². The molecule has 1 fully saturated rings. The lowest BCUT2D eigenvalue weighted by Crippen LogP contribution is -2.25. The van der Waals surface area contributed by atoms with Crippen LogP contribution in [-0.4, -0.2) is 16.7 Å². The fourth-order valence-corrected chi connectivity index (χ4v) is 2.79. The highest BCUT2D eigenvalue weighted by atomic mass is 32.2. The summed E-state index contributed by atoms with van der Waals surface area (Å²) in [6, 6.07) is 5.55. The summed E-state index contributed by atoms with van der Waals surface area (Å²) >= 11 is -1.49. The number of fused-ring (bicyclic) bond motifs is 1. The van der Waals surface area contributed by atoms with Crippen molar-refractivity contribution in [1.82, 2.24) is 0 Å². The highest BCUT2D eigenvalue weighted by Crippen LogP contribution is 2.32. The van der Waals surface area contributed by atoms with E-state index in [1.807, 2.05) is 18.2 Å². The number of ether oxygens (including phenoxy) is 1. The average molecular weight is 265 g/mol. The van der Waals surface area contributed by atoms with Gasteiger partial charge in [0.25, 0.3) is 0 Å². The summed E-state index contributed by atoms with van der Waals surface area (Å²) in [5.74, 6) is 1.64. The molecule has 0 bridgehead atoms. The molecular formula is C12H15N3O2S. The van der Waals surface area contributed by atoms with E-state index >= 15 is 0 Å². The molecule has 1 aromatic rings. The van der Waals surface area contributed by atoms with E-state index in [2.05, 4.69) is 9.12 Å². The zero-order valence-electron chi connectivity index (χ0n) is 9.89. The largest absolute Gasteiger partial charge is 0.492 e. The molecule has 2 aliphatic rings. The summed E-state index contributed by atoms with van der Waals surface area (Å²) in [5, 5.41) is 0. The van der Waals surface area contributed by atoms with Crippen molar-refractivity contribution in [1.29, 1.82) is 0 Å². The molecule has 0 spiro atoms. The molecule has 3 N–H and O–H groups in total. The van der Waals surface area contributed by atoms with Gasteiger partial charge >= 0.3 is 0 Å². The van der Waals surface area contributed by atoms with Crippen molar-refractivity contribution in [3.63, 3.8) is 0 Å². The first-order valence-corrected chi connectivity index (χ1v) is 7.13. The third kappa shape index (κ3) is 2.08. The average Bonchev–Trinajstić information content (AvgIpc) is 2.26. The number of rotatable bonds is 3. The maximum Gasteiger partial charge on any atom is 0.245 e. The first-order valence-electron chi connectivity index (χ1n) is 6.03. The molecule has 0 amide bonds. The van der Waals surface area contributed by atoms with Gasteiger partial charge in [-0.2, -0.15) is 4.40 Å². The first kappa shape index (κ1) is 11.5. The number of hydrogen-bond acceptors (Lipinski definition) is 3. The molecule has 1 atom stereocenters. The maximum atomic E-state index is 11.4. The summed E-state index contributed by atoms with van der Waals surface area (Å²) in [5.41, 5.74) is 7.26. The van der Waals surface area contributed by atoms with Gasteiger partial charge in [0, 0.05) is 0 Å². The predicted octanol–water partition coefficient (Wildman–Crippen LogP) is 1.57. The van der Waals surface area contributed by atoms with Gasteiger partial charge in [-0.15, -0.1) is 0 Å². The zero-order valence-corrected chi connectivity index (χ0v) is 10.7. The van der Waals surface area contributed by atoms with Crippen molar-refractivity contribution in [2.24, 2.45) is 16.0 Å². The van der Waals surface area contributed by atoms with Gasteiger partial charge in [-0.1, -0.05) is 12.5 Å². The van der Waals surface area contributed by atoms with Crippen molar-refractivity contribution in [2.45, 2.75) is 19.3 Å². The van der Waals surface area contributed by atoms with Gasteiger partial charge in [-0.3, -0.25) is 4.72 Å². The molecule has 1 aliphatic carbocycles. The van der Waals surface area contributed by atoms with Gasteiger partial charge in [-0.25, -0.2) is 4.21 Å². The molecule has 0 saturated heterocycles. The van der Waals surface area contributed by atoms with E-state index in [0.717, 1.165) is 5.56 Å². The SMILES string of the molecule is NC1=NS(=O)Nc2cccc(OCC3CCC3)c21. The van der Waals surface area contributed by atoms with Gasteiger partial charge in [0.05, 0.1) is 17.9 Å². The van der Waals surface area contributed by atoms with Crippen LogP contribution in [-0.2, 0) is 11.2 Å². The second-order valence-corrected chi connectivity index (χ2v) is 5.50. The highest BCUT2D eigenvalue weighted by molar-refractivity contribution is 7.85. The lowest BCUT2D eigenvalue weighted by Gasteiger charge is -2.26. The van der Waals surface area contributed by atoms with E-state index in [1.54, 1.807) is 0 Å². The smallest absolute Gasteiger partial charge is 0.245 e. The van der Waals surface area contributed by atoms with E-state index in [0.29, 0.717) is 24.0 Å². The Labute approximate surface area is 108 Å². The predicted molar refractivity (Wildman–Crippen MR) is 71.8 cm³/mol. The Morgan fingerprint density at radius 3 is 3.06 bits per heavy atom. The molecule has 1 unspecified atom stereocenters. The molecule has 96 valence electrons. The third-order valence-corrected chi connectivity index (χ3v) is 4.12. The molecular weight excluding hydrogens is 250 g/mol. The Balaban J connectivity index is 1.85. The van der Waals surface area contributed by atoms with E-state index in [-0.39, 0.29) is 5.84 Å². The number of anilines is 1. The molecule has 0 radical (unpaired) electrons. The second-order valence-electron chi connectivity index (χ2n) is 4.61. The fraction of sp³-hybridized carbons (Fsp3) is 0.417. The summed E-state index contributed by atoms with van der Waals surface area (Å²) < 4.78 is 23.8. The van der Waals surface area contributed by atoms with Gasteiger partial charge in [0.15, 0.2) is 0 Å². The molecule has 0 aromatic heterocycles. The van der Waals surface area contributed by atoms with Crippen LogP contribution in [0.5, 0.6) is 5.75 Å². The first-order chi connectivity index (χ1) is 8.74. The van der Waals surface area contributed by atoms with Crippen LogP contribution in [0.4, 0.5) is 5.69 Å². The standard InChI is InChI=1S/C12H15N3O2S/c13-12-11-9(14-18(16)15-12)5-2-6-10(11)17-7-8-3-1-4-8/h2,5-6,8,14H,1,3-4,7H2,(H2,13,15). The fourth-order valence-electron chi connectivity index (χ4n) is 2.12. The van der Waals surface area contributed by atoms with Crippen molar-refractivity contribution in [3.05, 3.63) is 23.8 Å². The highest BCUT2D eigenvalue weighted by Gasteiger charge is 2.22. The number of benzene rings is 1. The van der Waals surface area contributed by atoms with Crippen LogP contribution in [0.1, 0.15) is 24.8 Å². The topological polar surface area (TPSA) is 76.7 Å². The Bertz CT molecular complexity index is 526. The van der Waals surface area contributed by atoms with Crippen LogP contribution >= 0.6 is 0 Å². The molecule has 1 aromatic carbocycles. The van der Waals surface area contributed by atoms with Gasteiger partial charge < -0.3 is 10.5 Å². The van der Waals surface area contributed by atoms with E-state index in [1.165, 1.54) is 19.3 Å². The second kappa shape index (κ2) is 4.61. The quantitative estimate of drug-likeness (QED) is 0.871. The minimum Gasteiger partial charge on any atom is -0.492 e. The van der Waals surface area contributed by atoms with Crippen LogP contribution in [0.15, 0.2) is 22.6 Å². The van der Waals surface area contributed by atoms with Crippen LogP contribution in [0.3, 0.4) is 0 Å². The van der Waals surface area contributed by atoms with Gasteiger partial charge in [0.2, 0.25) is 11.2 Å². The zero-order chi connectivity index (χ0) is 12.5. The van der Waals surface area contributed by atoms with Crippen LogP contribution in [0.2, 0.25) is 0 Å². The van der Waals surface area contributed by atoms with E-state index in [4.69, 9.17) is 10.5 Å². The van der Waals surface area contributed by atoms with Crippen LogP contribution in [0, 0.1) is 5.92 Å². The summed E-state index contributed by atoms with van der Waals surface area (Å²) in [7, 11) is 0. The number of amidine groups is 1. The Kier molecular flexibility index (Phi) is 2.95. The number of nitrogens with two attached hydrogens (primary N) is 1. The Morgan fingerprint density at radius 2 is 2.33 bits per heavy atom. The molecule has 1 saturated carbocycles. The molecule has 5 nitrogen and oxygen atoms in total. The molecule has 3 rings (SSSR count). The normalized spacial score (nSPS) is 22.4. The van der Waals surface area contributed by atoms with Crippen LogP contribution in [0.25, 0.3) is 0 Å². The lowest BCUT2D eigenvalue weighted by atomic mass is 9.86. The summed E-state index contributed by atoms with van der Waals surface area (Å²) in [6.07, 6.45) is 3.77. The molecule has 1 heterocycles. The third-order valence-electron chi connectivity index (χ3n) is 3.36. The van der Waals surface area contributed by atoms with E-state index in [9.17, 15) is 4.21 Å². The Hall–Kier alpha value is -1.56. The van der Waals surface area contributed by atoms with E-state index < -0.39 is 11.2 Å². The molecule has 1 aliphatic heterocycles. The molecule has 6 heteroatoms. The van der Waals surface area contributed by atoms with Crippen molar-refractivity contribution >= 4 is 22.7 Å². The van der Waals surface area contributed by atoms with Crippen LogP contribution < -0.4 is 15.2 Å². The van der Waals surface area contributed by atoms with Crippen molar-refractivity contribution in [3.8, 4) is 5.75 Å². The van der Waals surface area contributed by atoms with Crippen molar-refractivity contribution in [2.75, 3.05) is 11.3 Å². The minimum atomic E-state index is -1.49. The maximum absolute atomic E-state index is 11.4. The monoisotopic (exact) mass is 265 g/mol. The number of hydrogen-bond donors (Lipinski definition) is 2. The minimum absolute atomic E-state index is 0.270. The summed E-state index contributed by atoms with van der Waals surface area (Å²) in [6.45, 7) is 0.715. The van der Waals surface area contributed by atoms with Gasteiger partial charge in [0.1, 0.15) is 11.6 Å².